The van der Waals surface area contributed by atoms with Crippen molar-refractivity contribution in [2.24, 2.45) is 0 Å². The molecule has 3 aromatic heterocycles. The fraction of sp³-hybridized carbons (Fsp3) is 0.0476. The normalized spacial score (nSPS) is 11.2. The average Bonchev–Trinajstić information content (AvgIpc) is 3.16. The number of H-pyrrole nitrogens is 2. The zero-order chi connectivity index (χ0) is 22.9. The number of aromatic amines is 2. The molecule has 3 heterocycles. The first-order chi connectivity index (χ1) is 16.0. The Morgan fingerprint density at radius 3 is 2.67 bits per heavy atom. The van der Waals surface area contributed by atoms with Crippen molar-refractivity contribution in [1.82, 2.24) is 29.7 Å². The number of rotatable bonds is 5. The molecule has 12 heteroatoms. The second-order valence-corrected chi connectivity index (χ2v) is 8.31. The molecule has 0 spiro atoms. The lowest BCUT2D eigenvalue weighted by Gasteiger charge is -2.13. The number of amides is 1. The molecule has 164 valence electrons. The van der Waals surface area contributed by atoms with Crippen LogP contribution < -0.4 is 16.6 Å². The monoisotopic (exact) mass is 479 g/mol. The molecule has 0 unspecified atom stereocenters. The van der Waals surface area contributed by atoms with E-state index in [1.54, 1.807) is 24.3 Å². The average molecular weight is 480 g/mol. The molecule has 10 nitrogen and oxygen atoms in total. The number of carbonyl (C=O) groups excluding carboxylic acids is 1. The van der Waals surface area contributed by atoms with Crippen molar-refractivity contribution < 1.29 is 4.79 Å². The van der Waals surface area contributed by atoms with Crippen molar-refractivity contribution in [2.75, 3.05) is 11.1 Å². The molecule has 0 fully saturated rings. The van der Waals surface area contributed by atoms with Crippen LogP contribution in [0.5, 0.6) is 0 Å². The van der Waals surface area contributed by atoms with Crippen LogP contribution in [0.1, 0.15) is 0 Å². The number of benzene rings is 2. The minimum absolute atomic E-state index is 0.0294. The van der Waals surface area contributed by atoms with Crippen LogP contribution >= 0.6 is 23.4 Å². The molecular weight excluding hydrogens is 466 g/mol. The second kappa shape index (κ2) is 8.52. The van der Waals surface area contributed by atoms with Crippen molar-refractivity contribution in [3.05, 3.63) is 80.5 Å². The van der Waals surface area contributed by atoms with E-state index in [-0.39, 0.29) is 11.6 Å². The summed E-state index contributed by atoms with van der Waals surface area (Å²) >= 11 is 6.99. The molecule has 0 saturated carbocycles. The fourth-order valence-corrected chi connectivity index (χ4v) is 4.02. The van der Waals surface area contributed by atoms with Gasteiger partial charge in [-0.05, 0) is 30.3 Å². The predicted molar refractivity (Wildman–Crippen MR) is 126 cm³/mol. The van der Waals surface area contributed by atoms with E-state index in [1.807, 2.05) is 24.3 Å². The van der Waals surface area contributed by atoms with Gasteiger partial charge < -0.3 is 10.3 Å². The van der Waals surface area contributed by atoms with Crippen molar-refractivity contribution >= 4 is 57.2 Å². The lowest BCUT2D eigenvalue weighted by molar-refractivity contribution is -0.113. The number of halogens is 1. The molecule has 2 aromatic carbocycles. The summed E-state index contributed by atoms with van der Waals surface area (Å²) in [5.74, 6) is -0.482. The Labute approximate surface area is 194 Å². The van der Waals surface area contributed by atoms with Gasteiger partial charge in [0.2, 0.25) is 11.1 Å². The number of carbonyl (C=O) groups is 1. The maximum absolute atomic E-state index is 12.6. The van der Waals surface area contributed by atoms with Gasteiger partial charge in [-0.25, -0.2) is 14.3 Å². The molecule has 0 bridgehead atoms. The number of aromatic nitrogens is 6. The van der Waals surface area contributed by atoms with E-state index in [2.05, 4.69) is 30.5 Å². The third-order valence-electron chi connectivity index (χ3n) is 4.73. The first-order valence-corrected chi connectivity index (χ1v) is 11.0. The number of hydrogen-bond donors (Lipinski definition) is 3. The number of para-hydroxylation sites is 1. The standard InChI is InChI=1S/C21H14ClN7O3S/c22-11-5-7-12(8-6-11)29-15(9-16(30)25-21(29)32)24-17(31)10-33-20-26-19-18(27-28-20)13-3-1-2-4-14(13)23-19/h1-9H,10H2,(H,24,31)(H,23,26,28)(H,25,30,32). The summed E-state index contributed by atoms with van der Waals surface area (Å²) in [5, 5.41) is 12.6. The molecule has 0 radical (unpaired) electrons. The van der Waals surface area contributed by atoms with E-state index in [9.17, 15) is 14.4 Å². The molecule has 0 aliphatic heterocycles. The predicted octanol–water partition coefficient (Wildman–Crippen LogP) is 2.73. The Bertz CT molecular complexity index is 1630. The first-order valence-electron chi connectivity index (χ1n) is 9.64. The topological polar surface area (TPSA) is 138 Å². The first kappa shape index (κ1) is 20.9. The van der Waals surface area contributed by atoms with Gasteiger partial charge in [-0.15, -0.1) is 10.2 Å². The number of nitrogens with zero attached hydrogens (tertiary/aromatic N) is 4. The summed E-state index contributed by atoms with van der Waals surface area (Å²) in [6.45, 7) is 0. The number of hydrogen-bond acceptors (Lipinski definition) is 7. The number of anilines is 1. The van der Waals surface area contributed by atoms with Crippen LogP contribution in [0, 0.1) is 0 Å². The lowest BCUT2D eigenvalue weighted by atomic mass is 10.2. The molecule has 33 heavy (non-hydrogen) atoms. The molecule has 3 N–H and O–H groups in total. The van der Waals surface area contributed by atoms with Crippen molar-refractivity contribution in [3.63, 3.8) is 0 Å². The molecule has 1 amide bonds. The molecule has 0 aliphatic carbocycles. The number of thioether (sulfide) groups is 1. The van der Waals surface area contributed by atoms with Crippen molar-refractivity contribution in [2.45, 2.75) is 5.16 Å². The van der Waals surface area contributed by atoms with Crippen LogP contribution in [0.2, 0.25) is 5.02 Å². The highest BCUT2D eigenvalue weighted by Crippen LogP contribution is 2.23. The highest BCUT2D eigenvalue weighted by Gasteiger charge is 2.14. The molecular formula is C21H14ClN7O3S. The Morgan fingerprint density at radius 1 is 1.06 bits per heavy atom. The number of nitrogens with one attached hydrogen (secondary N) is 3. The van der Waals surface area contributed by atoms with Gasteiger partial charge in [-0.1, -0.05) is 41.6 Å². The molecule has 0 aliphatic rings. The van der Waals surface area contributed by atoms with E-state index in [0.29, 0.717) is 27.0 Å². The highest BCUT2D eigenvalue weighted by molar-refractivity contribution is 7.99. The Hall–Kier alpha value is -3.96. The van der Waals surface area contributed by atoms with E-state index < -0.39 is 17.2 Å². The summed E-state index contributed by atoms with van der Waals surface area (Å²) in [6.07, 6.45) is 0. The maximum Gasteiger partial charge on any atom is 0.334 e. The van der Waals surface area contributed by atoms with Gasteiger partial charge in [-0.2, -0.15) is 0 Å². The van der Waals surface area contributed by atoms with Gasteiger partial charge in [0.1, 0.15) is 11.3 Å². The van der Waals surface area contributed by atoms with E-state index in [1.165, 1.54) is 4.57 Å². The number of fused-ring (bicyclic) bond motifs is 3. The van der Waals surface area contributed by atoms with Gasteiger partial charge in [0.25, 0.3) is 5.56 Å². The van der Waals surface area contributed by atoms with E-state index >= 15 is 0 Å². The van der Waals surface area contributed by atoms with Gasteiger partial charge in [0.15, 0.2) is 5.65 Å². The van der Waals surface area contributed by atoms with Crippen LogP contribution in [0.4, 0.5) is 5.82 Å². The minimum atomic E-state index is -0.690. The Morgan fingerprint density at radius 2 is 1.85 bits per heavy atom. The molecule has 0 saturated heterocycles. The van der Waals surface area contributed by atoms with Gasteiger partial charge in [0.05, 0.1) is 11.4 Å². The Balaban J connectivity index is 1.36. The summed E-state index contributed by atoms with van der Waals surface area (Å²) in [5.41, 5.74) is 1.22. The van der Waals surface area contributed by atoms with Crippen molar-refractivity contribution in [3.8, 4) is 5.69 Å². The smallest absolute Gasteiger partial charge is 0.334 e. The van der Waals surface area contributed by atoms with Crippen LogP contribution in [-0.2, 0) is 4.79 Å². The SMILES string of the molecule is O=C(CSc1nnc2c(n1)[nH]c1ccccc12)Nc1cc(=O)[nH]c(=O)n1-c1ccc(Cl)cc1. The maximum atomic E-state index is 12.6. The Kier molecular flexibility index (Phi) is 5.40. The molecule has 0 atom stereocenters. The van der Waals surface area contributed by atoms with Crippen LogP contribution in [-0.4, -0.2) is 41.4 Å². The second-order valence-electron chi connectivity index (χ2n) is 6.93. The third-order valence-corrected chi connectivity index (χ3v) is 5.82. The van der Waals surface area contributed by atoms with E-state index in [0.717, 1.165) is 28.7 Å². The van der Waals surface area contributed by atoms with Gasteiger partial charge >= 0.3 is 5.69 Å². The van der Waals surface area contributed by atoms with Crippen LogP contribution in [0.25, 0.3) is 27.8 Å². The van der Waals surface area contributed by atoms with Crippen LogP contribution in [0.15, 0.2) is 69.3 Å². The summed E-state index contributed by atoms with van der Waals surface area (Å²) < 4.78 is 1.18. The zero-order valence-electron chi connectivity index (χ0n) is 16.7. The largest absolute Gasteiger partial charge is 0.338 e. The molecule has 5 rings (SSSR count). The quantitative estimate of drug-likeness (QED) is 0.329. The highest BCUT2D eigenvalue weighted by atomic mass is 35.5. The third kappa shape index (κ3) is 4.23. The summed E-state index contributed by atoms with van der Waals surface area (Å²) in [4.78, 5) is 46.6. The summed E-state index contributed by atoms with van der Waals surface area (Å²) in [6, 6.07) is 15.2. The minimum Gasteiger partial charge on any atom is -0.338 e. The van der Waals surface area contributed by atoms with Gasteiger partial charge in [-0.3, -0.25) is 14.6 Å². The lowest BCUT2D eigenvalue weighted by Crippen LogP contribution is -2.32. The van der Waals surface area contributed by atoms with Crippen molar-refractivity contribution in [1.29, 1.82) is 0 Å². The molecule has 5 aromatic rings. The van der Waals surface area contributed by atoms with Crippen LogP contribution in [0.3, 0.4) is 0 Å². The van der Waals surface area contributed by atoms with Gasteiger partial charge in [0, 0.05) is 22.0 Å². The summed E-state index contributed by atoms with van der Waals surface area (Å²) in [7, 11) is 0. The van der Waals surface area contributed by atoms with E-state index in [4.69, 9.17) is 11.6 Å². The zero-order valence-corrected chi connectivity index (χ0v) is 18.3. The fourth-order valence-electron chi connectivity index (χ4n) is 3.31.